The van der Waals surface area contributed by atoms with Crippen LogP contribution in [0.25, 0.3) is 28.2 Å². The summed E-state index contributed by atoms with van der Waals surface area (Å²) < 4.78 is 8.97. The third-order valence-corrected chi connectivity index (χ3v) is 5.79. The molecule has 1 aliphatic carbocycles. The molecule has 1 aliphatic rings. The van der Waals surface area contributed by atoms with E-state index >= 15 is 0 Å². The fraction of sp³-hybridized carbons (Fsp3) is 0.300. The zero-order valence-corrected chi connectivity index (χ0v) is 16.7. The predicted octanol–water partition coefficient (Wildman–Crippen LogP) is 1.50. The summed E-state index contributed by atoms with van der Waals surface area (Å²) in [6.45, 7) is 0. The van der Waals surface area contributed by atoms with Gasteiger partial charge in [-0.05, 0) is 25.0 Å². The van der Waals surface area contributed by atoms with Gasteiger partial charge in [0.1, 0.15) is 11.4 Å². The van der Waals surface area contributed by atoms with Crippen LogP contribution in [-0.2, 0) is 10.3 Å². The maximum absolute atomic E-state index is 11.4. The second-order valence-electron chi connectivity index (χ2n) is 7.67. The Morgan fingerprint density at radius 1 is 1.42 bits per heavy atom. The van der Waals surface area contributed by atoms with Crippen molar-refractivity contribution in [2.75, 3.05) is 7.11 Å². The molecule has 0 radical (unpaired) electrons. The first kappa shape index (κ1) is 19.0. The van der Waals surface area contributed by atoms with Crippen molar-refractivity contribution in [2.24, 2.45) is 5.73 Å². The molecule has 11 nitrogen and oxygen atoms in total. The topological polar surface area (TPSA) is 153 Å². The van der Waals surface area contributed by atoms with E-state index in [1.54, 1.807) is 36.3 Å². The highest BCUT2D eigenvalue weighted by Crippen LogP contribution is 2.43. The summed E-state index contributed by atoms with van der Waals surface area (Å²) in [5.41, 5.74) is 8.42. The number of rotatable bonds is 6. The standard InChI is InChI=1S/C20H19N9O2/c1-31-13-7-20(8-13,3-4-21)29-10-12(9-24-29)18-17-2-5-23-28(17)11-16(25-18)14-6-15(19(22)30)27-26-14/h2,5-6,9-11,13H,3,7-8H2,1H3,(H2,22,30)(H,26,27)/t13-,20-. The van der Waals surface area contributed by atoms with Crippen molar-refractivity contribution < 1.29 is 9.53 Å². The van der Waals surface area contributed by atoms with Gasteiger partial charge in [-0.3, -0.25) is 14.6 Å². The lowest BCUT2D eigenvalue weighted by Crippen LogP contribution is -2.50. The van der Waals surface area contributed by atoms with Crippen molar-refractivity contribution in [3.63, 3.8) is 0 Å². The minimum Gasteiger partial charge on any atom is -0.381 e. The third-order valence-electron chi connectivity index (χ3n) is 5.79. The maximum Gasteiger partial charge on any atom is 0.269 e. The van der Waals surface area contributed by atoms with E-state index in [-0.39, 0.29) is 17.3 Å². The van der Waals surface area contributed by atoms with Gasteiger partial charge in [-0.15, -0.1) is 0 Å². The Morgan fingerprint density at radius 3 is 2.97 bits per heavy atom. The monoisotopic (exact) mass is 417 g/mol. The van der Waals surface area contributed by atoms with E-state index in [2.05, 4.69) is 26.5 Å². The number of nitrogens with one attached hydrogen (secondary N) is 1. The summed E-state index contributed by atoms with van der Waals surface area (Å²) in [6.07, 6.45) is 9.02. The Labute approximate surface area is 176 Å². The number of nitriles is 1. The number of carbonyl (C=O) groups is 1. The first-order valence-electron chi connectivity index (χ1n) is 9.68. The number of nitrogens with zero attached hydrogens (tertiary/aromatic N) is 7. The number of primary amides is 1. The van der Waals surface area contributed by atoms with Crippen LogP contribution in [0, 0.1) is 11.3 Å². The summed E-state index contributed by atoms with van der Waals surface area (Å²) in [7, 11) is 1.68. The number of carbonyl (C=O) groups excluding carboxylic acids is 1. The molecule has 11 heteroatoms. The average Bonchev–Trinajstić information content (AvgIpc) is 3.49. The van der Waals surface area contributed by atoms with Crippen LogP contribution in [0.3, 0.4) is 0 Å². The molecular formula is C20H19N9O2. The number of ether oxygens (including phenoxy) is 1. The van der Waals surface area contributed by atoms with Crippen molar-refractivity contribution >= 4 is 11.4 Å². The van der Waals surface area contributed by atoms with E-state index in [1.807, 2.05) is 16.9 Å². The van der Waals surface area contributed by atoms with Crippen LogP contribution in [0.4, 0.5) is 0 Å². The second kappa shape index (κ2) is 7.03. The number of nitrogens with two attached hydrogens (primary N) is 1. The van der Waals surface area contributed by atoms with Gasteiger partial charge in [0.25, 0.3) is 5.91 Å². The summed E-state index contributed by atoms with van der Waals surface area (Å²) >= 11 is 0. The Morgan fingerprint density at radius 2 is 2.26 bits per heavy atom. The van der Waals surface area contributed by atoms with Crippen molar-refractivity contribution in [1.82, 2.24) is 34.6 Å². The summed E-state index contributed by atoms with van der Waals surface area (Å²) in [4.78, 5) is 16.2. The van der Waals surface area contributed by atoms with E-state index in [4.69, 9.17) is 15.5 Å². The average molecular weight is 417 g/mol. The van der Waals surface area contributed by atoms with Crippen molar-refractivity contribution in [3.8, 4) is 28.7 Å². The molecule has 1 amide bonds. The van der Waals surface area contributed by atoms with Crippen LogP contribution in [0.5, 0.6) is 0 Å². The molecule has 4 aromatic heterocycles. The molecule has 0 aliphatic heterocycles. The Balaban J connectivity index is 1.57. The largest absolute Gasteiger partial charge is 0.381 e. The molecule has 0 bridgehead atoms. The fourth-order valence-electron chi connectivity index (χ4n) is 4.07. The molecule has 0 spiro atoms. The van der Waals surface area contributed by atoms with Crippen molar-refractivity contribution in [2.45, 2.75) is 30.9 Å². The van der Waals surface area contributed by atoms with Crippen LogP contribution in [0.15, 0.2) is 36.9 Å². The summed E-state index contributed by atoms with van der Waals surface area (Å²) in [6, 6.07) is 5.69. The molecule has 0 unspecified atom stereocenters. The number of amides is 1. The first-order chi connectivity index (χ1) is 15.0. The van der Waals surface area contributed by atoms with Gasteiger partial charge in [-0.2, -0.15) is 20.6 Å². The maximum atomic E-state index is 11.4. The van der Waals surface area contributed by atoms with Gasteiger partial charge in [-0.25, -0.2) is 9.50 Å². The Kier molecular flexibility index (Phi) is 4.30. The van der Waals surface area contributed by atoms with Crippen molar-refractivity contribution in [3.05, 3.63) is 42.6 Å². The number of aromatic amines is 1. The fourth-order valence-corrected chi connectivity index (χ4v) is 4.07. The minimum atomic E-state index is -0.623. The van der Waals surface area contributed by atoms with E-state index in [9.17, 15) is 10.1 Å². The molecule has 3 N–H and O–H groups in total. The number of hydrogen-bond donors (Lipinski definition) is 2. The molecule has 4 aromatic rings. The van der Waals surface area contributed by atoms with Crippen LogP contribution in [0.2, 0.25) is 0 Å². The minimum absolute atomic E-state index is 0.128. The van der Waals surface area contributed by atoms with Gasteiger partial charge in [0, 0.05) is 18.9 Å². The second-order valence-corrected chi connectivity index (χ2v) is 7.67. The Bertz CT molecular complexity index is 1320. The first-order valence-corrected chi connectivity index (χ1v) is 9.68. The smallest absolute Gasteiger partial charge is 0.269 e. The van der Waals surface area contributed by atoms with Gasteiger partial charge < -0.3 is 10.5 Å². The molecule has 5 rings (SSSR count). The number of methoxy groups -OCH3 is 1. The molecule has 4 heterocycles. The third kappa shape index (κ3) is 3.04. The van der Waals surface area contributed by atoms with Gasteiger partial charge in [0.05, 0.1) is 59.6 Å². The van der Waals surface area contributed by atoms with Crippen molar-refractivity contribution in [1.29, 1.82) is 5.26 Å². The normalized spacial score (nSPS) is 20.5. The van der Waals surface area contributed by atoms with Crippen LogP contribution in [0.1, 0.15) is 29.8 Å². The lowest BCUT2D eigenvalue weighted by molar-refractivity contribution is -0.0542. The molecule has 0 aromatic carbocycles. The van der Waals surface area contributed by atoms with E-state index in [0.29, 0.717) is 23.5 Å². The molecule has 0 saturated heterocycles. The van der Waals surface area contributed by atoms with Gasteiger partial charge in [0.2, 0.25) is 0 Å². The summed E-state index contributed by atoms with van der Waals surface area (Å²) in [5.74, 6) is -0.623. The molecular weight excluding hydrogens is 398 g/mol. The molecule has 31 heavy (non-hydrogen) atoms. The molecule has 1 fully saturated rings. The van der Waals surface area contributed by atoms with Gasteiger partial charge >= 0.3 is 0 Å². The number of aromatic nitrogens is 7. The summed E-state index contributed by atoms with van der Waals surface area (Å²) in [5, 5.41) is 24.9. The Hall–Kier alpha value is -4.04. The van der Waals surface area contributed by atoms with Crippen LogP contribution >= 0.6 is 0 Å². The molecule has 156 valence electrons. The van der Waals surface area contributed by atoms with Gasteiger partial charge in [0.15, 0.2) is 0 Å². The molecule has 0 atom stereocenters. The van der Waals surface area contributed by atoms with Gasteiger partial charge in [-0.1, -0.05) is 0 Å². The number of fused-ring (bicyclic) bond motifs is 1. The zero-order chi connectivity index (χ0) is 21.6. The number of hydrogen-bond acceptors (Lipinski definition) is 7. The number of H-pyrrole nitrogens is 1. The zero-order valence-electron chi connectivity index (χ0n) is 16.7. The predicted molar refractivity (Wildman–Crippen MR) is 109 cm³/mol. The quantitative estimate of drug-likeness (QED) is 0.482. The van der Waals surface area contributed by atoms with E-state index in [1.165, 1.54) is 0 Å². The highest BCUT2D eigenvalue weighted by Gasteiger charge is 2.47. The van der Waals surface area contributed by atoms with E-state index < -0.39 is 5.91 Å². The van der Waals surface area contributed by atoms with Crippen LogP contribution in [-0.4, -0.2) is 53.7 Å². The lowest BCUT2D eigenvalue weighted by atomic mass is 9.72. The highest BCUT2D eigenvalue weighted by molar-refractivity contribution is 5.91. The van der Waals surface area contributed by atoms with E-state index in [0.717, 1.165) is 23.9 Å². The highest BCUT2D eigenvalue weighted by atomic mass is 16.5. The lowest BCUT2D eigenvalue weighted by Gasteiger charge is -2.45. The van der Waals surface area contributed by atoms with Crippen LogP contribution < -0.4 is 5.73 Å². The molecule has 1 saturated carbocycles. The SMILES string of the molecule is CO[C@H]1C[C@](CC#N)(n2cc(-c3nc(-c4cc(C(N)=O)n[nH]4)cn4nccc34)cn2)C1.